The van der Waals surface area contributed by atoms with Crippen LogP contribution in [0.2, 0.25) is 0 Å². The summed E-state index contributed by atoms with van der Waals surface area (Å²) in [4.78, 5) is 61.5. The molecule has 0 saturated heterocycles. The third-order valence-electron chi connectivity index (χ3n) is 6.33. The Balaban J connectivity index is 2.25. The van der Waals surface area contributed by atoms with Crippen LogP contribution in [-0.4, -0.2) is 76.2 Å². The number of nitrogens with two attached hydrogens (primary N) is 1. The Morgan fingerprint density at radius 3 is 2.37 bits per heavy atom. The topological polar surface area (TPSA) is 204 Å². The first-order valence-electron chi connectivity index (χ1n) is 13.0. The minimum atomic E-state index is -3.45. The van der Waals surface area contributed by atoms with Crippen LogP contribution in [0.4, 0.5) is 10.6 Å². The zero-order chi connectivity index (χ0) is 30.6. The first-order valence-corrected chi connectivity index (χ1v) is 14.7. The number of amides is 1. The number of likely N-dealkylation sites (N-methyl/N-ethyl adjacent to an activating group) is 1. The van der Waals surface area contributed by atoms with Crippen LogP contribution in [0.5, 0.6) is 0 Å². The lowest BCUT2D eigenvalue weighted by molar-refractivity contribution is -0.153. The maximum Gasteiger partial charge on any atom is 0.339 e. The van der Waals surface area contributed by atoms with Crippen LogP contribution in [-0.2, 0) is 30.6 Å². The van der Waals surface area contributed by atoms with Crippen LogP contribution >= 0.6 is 0 Å². The molecular formula is C26H35N7O7S. The van der Waals surface area contributed by atoms with Gasteiger partial charge in [0.05, 0.1) is 18.6 Å². The van der Waals surface area contributed by atoms with Crippen LogP contribution in [0, 0.1) is 10.7 Å². The number of hydrogen-bond acceptors (Lipinski definition) is 10. The van der Waals surface area contributed by atoms with Crippen molar-refractivity contribution < 1.29 is 28.4 Å². The van der Waals surface area contributed by atoms with Gasteiger partial charge in [-0.25, -0.2) is 32.9 Å². The molecule has 0 bridgehead atoms. The van der Waals surface area contributed by atoms with Gasteiger partial charge >= 0.3 is 23.7 Å². The number of carbonyl (C=O) groups is 3. The predicted molar refractivity (Wildman–Crippen MR) is 151 cm³/mol. The molecule has 1 amide bonds. The Labute approximate surface area is 237 Å². The molecule has 14 nitrogen and oxygen atoms in total. The molecule has 0 spiro atoms. The molecule has 0 aliphatic heterocycles. The molecule has 15 heteroatoms. The summed E-state index contributed by atoms with van der Waals surface area (Å²) in [5, 5.41) is 9.08. The molecule has 0 aliphatic rings. The number of aliphatic carboxylic acids is 1. The SMILES string of the molecule is CCCS(=N)(=O)c1nc(N)c2c(n1)n(Cc1ccccc1)c(=O)n2C(=O)N(C)C(CC(C)C(=O)O)C(=O)OC(C)C. The highest BCUT2D eigenvalue weighted by Gasteiger charge is 2.35. The van der Waals surface area contributed by atoms with Gasteiger partial charge in [0.1, 0.15) is 21.3 Å². The molecule has 1 aromatic carbocycles. The van der Waals surface area contributed by atoms with Crippen molar-refractivity contribution in [3.05, 3.63) is 46.4 Å². The Hall–Kier alpha value is -4.27. The summed E-state index contributed by atoms with van der Waals surface area (Å²) in [5.74, 6) is -3.44. The summed E-state index contributed by atoms with van der Waals surface area (Å²) in [6, 6.07) is 6.47. The summed E-state index contributed by atoms with van der Waals surface area (Å²) < 4.78 is 28.4. The zero-order valence-electron chi connectivity index (χ0n) is 23.6. The number of benzene rings is 1. The molecule has 3 unspecified atom stereocenters. The van der Waals surface area contributed by atoms with Gasteiger partial charge in [0.2, 0.25) is 5.16 Å². The number of carbonyl (C=O) groups excluding carboxylic acids is 2. The van der Waals surface area contributed by atoms with Gasteiger partial charge in [0, 0.05) is 12.8 Å². The minimum Gasteiger partial charge on any atom is -0.481 e. The Morgan fingerprint density at radius 2 is 1.80 bits per heavy atom. The van der Waals surface area contributed by atoms with Crippen molar-refractivity contribution in [3.8, 4) is 0 Å². The molecule has 3 aromatic rings. The van der Waals surface area contributed by atoms with E-state index in [2.05, 4.69) is 9.97 Å². The van der Waals surface area contributed by atoms with E-state index in [1.54, 1.807) is 51.1 Å². The molecule has 4 N–H and O–H groups in total. The third-order valence-corrected chi connectivity index (χ3v) is 8.08. The van der Waals surface area contributed by atoms with Crippen molar-refractivity contribution in [2.45, 2.75) is 64.4 Å². The number of ether oxygens (including phenoxy) is 1. The molecule has 222 valence electrons. The standard InChI is InChI=1S/C26H35N7O7S/c1-6-12-41(28,39)24-29-20(27)19-21(30-24)32(14-17-10-8-7-9-11-17)26(38)33(19)25(37)31(5)18(13-16(4)22(34)35)23(36)40-15(2)3/h7-11,15-16,18,28H,6,12-14H2,1-5H3,(H,34,35)(H2,27,29,30). The lowest BCUT2D eigenvalue weighted by Crippen LogP contribution is -2.49. The van der Waals surface area contributed by atoms with Crippen LogP contribution in [0.3, 0.4) is 0 Å². The molecule has 0 saturated carbocycles. The van der Waals surface area contributed by atoms with Crippen LogP contribution < -0.4 is 11.4 Å². The predicted octanol–water partition coefficient (Wildman–Crippen LogP) is 2.37. The van der Waals surface area contributed by atoms with Crippen molar-refractivity contribution in [3.63, 3.8) is 0 Å². The van der Waals surface area contributed by atoms with E-state index in [-0.39, 0.29) is 40.9 Å². The average molecular weight is 590 g/mol. The fourth-order valence-corrected chi connectivity index (χ4v) is 5.45. The van der Waals surface area contributed by atoms with Crippen molar-refractivity contribution in [1.29, 1.82) is 4.78 Å². The van der Waals surface area contributed by atoms with Gasteiger partial charge in [-0.3, -0.25) is 9.36 Å². The number of rotatable bonds is 11. The van der Waals surface area contributed by atoms with Crippen LogP contribution in [0.1, 0.15) is 46.1 Å². The number of aromatic nitrogens is 4. The monoisotopic (exact) mass is 589 g/mol. The molecule has 0 aliphatic carbocycles. The number of nitrogen functional groups attached to an aromatic ring is 1. The molecule has 3 atom stereocenters. The first-order chi connectivity index (χ1) is 19.2. The van der Waals surface area contributed by atoms with E-state index in [4.69, 9.17) is 15.3 Å². The number of imidazole rings is 1. The minimum absolute atomic E-state index is 0.0371. The van der Waals surface area contributed by atoms with E-state index in [0.717, 1.165) is 9.47 Å². The molecule has 2 aromatic heterocycles. The quantitative estimate of drug-likeness (QED) is 0.220. The largest absolute Gasteiger partial charge is 0.481 e. The number of carboxylic acids is 1. The lowest BCUT2D eigenvalue weighted by atomic mass is 10.0. The number of nitrogens with zero attached hydrogens (tertiary/aromatic N) is 5. The van der Waals surface area contributed by atoms with Gasteiger partial charge in [-0.15, -0.1) is 0 Å². The number of carboxylic acid groups (broad SMARTS) is 1. The van der Waals surface area contributed by atoms with E-state index in [1.807, 2.05) is 0 Å². The summed E-state index contributed by atoms with van der Waals surface area (Å²) >= 11 is 0. The zero-order valence-corrected chi connectivity index (χ0v) is 24.4. The Morgan fingerprint density at radius 1 is 1.17 bits per heavy atom. The highest BCUT2D eigenvalue weighted by molar-refractivity contribution is 7.92. The summed E-state index contributed by atoms with van der Waals surface area (Å²) in [7, 11) is -2.20. The van der Waals surface area contributed by atoms with E-state index in [1.165, 1.54) is 14.0 Å². The highest BCUT2D eigenvalue weighted by Crippen LogP contribution is 2.23. The van der Waals surface area contributed by atoms with Gasteiger partial charge in [-0.05, 0) is 32.3 Å². The van der Waals surface area contributed by atoms with Gasteiger partial charge in [-0.1, -0.05) is 44.2 Å². The van der Waals surface area contributed by atoms with Crippen molar-refractivity contribution in [2.75, 3.05) is 18.5 Å². The molecule has 2 heterocycles. The van der Waals surface area contributed by atoms with Gasteiger partial charge in [0.15, 0.2) is 11.5 Å². The summed E-state index contributed by atoms with van der Waals surface area (Å²) in [5.41, 5.74) is 5.72. The Kier molecular flexibility index (Phi) is 9.53. The number of esters is 1. The summed E-state index contributed by atoms with van der Waals surface area (Å²) in [6.07, 6.45) is -0.420. The summed E-state index contributed by atoms with van der Waals surface area (Å²) in [6.45, 7) is 6.31. The fourth-order valence-electron chi connectivity index (χ4n) is 4.21. The second-order valence-electron chi connectivity index (χ2n) is 10.0. The van der Waals surface area contributed by atoms with Crippen LogP contribution in [0.15, 0.2) is 40.3 Å². The second-order valence-corrected chi connectivity index (χ2v) is 12.1. The van der Waals surface area contributed by atoms with E-state index >= 15 is 0 Å². The normalized spacial score (nSPS) is 14.4. The Bertz CT molecular complexity index is 1610. The van der Waals surface area contributed by atoms with Crippen molar-refractivity contribution in [1.82, 2.24) is 24.0 Å². The molecule has 0 fully saturated rings. The smallest absolute Gasteiger partial charge is 0.339 e. The number of nitrogens with one attached hydrogen (secondary N) is 1. The number of anilines is 1. The third kappa shape index (κ3) is 6.73. The maximum absolute atomic E-state index is 13.9. The highest BCUT2D eigenvalue weighted by atomic mass is 32.2. The first kappa shape index (κ1) is 31.3. The van der Waals surface area contributed by atoms with E-state index in [0.29, 0.717) is 16.6 Å². The number of hydrogen-bond donors (Lipinski definition) is 3. The van der Waals surface area contributed by atoms with Crippen LogP contribution in [0.25, 0.3) is 11.2 Å². The van der Waals surface area contributed by atoms with Crippen molar-refractivity contribution in [2.24, 2.45) is 5.92 Å². The molecule has 41 heavy (non-hydrogen) atoms. The van der Waals surface area contributed by atoms with Gasteiger partial charge < -0.3 is 20.5 Å². The van der Waals surface area contributed by atoms with Crippen molar-refractivity contribution >= 4 is 44.7 Å². The maximum atomic E-state index is 13.9. The fraction of sp³-hybridized carbons (Fsp3) is 0.462. The molecule has 3 rings (SSSR count). The van der Waals surface area contributed by atoms with E-state index < -0.39 is 51.5 Å². The average Bonchev–Trinajstić information content (AvgIpc) is 3.17. The molecular weight excluding hydrogens is 554 g/mol. The number of fused-ring (bicyclic) bond motifs is 1. The second kappa shape index (κ2) is 12.5. The lowest BCUT2D eigenvalue weighted by Gasteiger charge is -2.28. The van der Waals surface area contributed by atoms with E-state index in [9.17, 15) is 28.5 Å². The van der Waals surface area contributed by atoms with Gasteiger partial charge in [0.25, 0.3) is 0 Å². The van der Waals surface area contributed by atoms with Gasteiger partial charge in [-0.2, -0.15) is 4.98 Å². The molecule has 0 radical (unpaired) electrons.